The highest BCUT2D eigenvalue weighted by Gasteiger charge is 2.12. The fourth-order valence-corrected chi connectivity index (χ4v) is 2.81. The van der Waals surface area contributed by atoms with Crippen molar-refractivity contribution in [3.05, 3.63) is 60.7 Å². The van der Waals surface area contributed by atoms with Crippen LogP contribution in [0.2, 0.25) is 0 Å². The summed E-state index contributed by atoms with van der Waals surface area (Å²) in [5.74, 6) is 3.12. The molecule has 134 valence electrons. The van der Waals surface area contributed by atoms with Gasteiger partial charge in [-0.15, -0.1) is 0 Å². The number of methoxy groups -OCH3 is 1. The predicted molar refractivity (Wildman–Crippen MR) is 107 cm³/mol. The number of hydrogen-bond acceptors (Lipinski definition) is 5. The highest BCUT2D eigenvalue weighted by molar-refractivity contribution is 5.68. The molecule has 5 heteroatoms. The van der Waals surface area contributed by atoms with Crippen LogP contribution < -0.4 is 15.0 Å². The van der Waals surface area contributed by atoms with Gasteiger partial charge in [0.15, 0.2) is 5.82 Å². The standard InChI is InChI=1S/C21H24N4O/c1-4-25(5-2)20-15-19(22-17-13-9-10-14-18(17)26-3)23-21(24-20)16-11-7-6-8-12-16/h6-15H,4-5H2,1-3H3,(H,22,23,24). The molecular formula is C21H24N4O. The first kappa shape index (κ1) is 17.7. The number of ether oxygens (including phenoxy) is 1. The molecule has 0 saturated carbocycles. The van der Waals surface area contributed by atoms with Crippen molar-refractivity contribution in [2.24, 2.45) is 0 Å². The molecule has 0 saturated heterocycles. The monoisotopic (exact) mass is 348 g/mol. The molecule has 0 spiro atoms. The first-order valence-electron chi connectivity index (χ1n) is 8.84. The van der Waals surface area contributed by atoms with Gasteiger partial charge in [-0.25, -0.2) is 9.97 Å². The molecule has 5 nitrogen and oxygen atoms in total. The summed E-state index contributed by atoms with van der Waals surface area (Å²) in [5.41, 5.74) is 1.86. The Morgan fingerprint density at radius 2 is 1.62 bits per heavy atom. The molecule has 3 aromatic rings. The summed E-state index contributed by atoms with van der Waals surface area (Å²) >= 11 is 0. The van der Waals surface area contributed by atoms with Crippen molar-refractivity contribution in [2.45, 2.75) is 13.8 Å². The SMILES string of the molecule is CCN(CC)c1cc(Nc2ccccc2OC)nc(-c2ccccc2)n1. The average Bonchev–Trinajstić information content (AvgIpc) is 2.70. The van der Waals surface area contributed by atoms with Crippen LogP contribution in [0.5, 0.6) is 5.75 Å². The lowest BCUT2D eigenvalue weighted by Gasteiger charge is -2.21. The van der Waals surface area contributed by atoms with E-state index >= 15 is 0 Å². The fourth-order valence-electron chi connectivity index (χ4n) is 2.81. The Morgan fingerprint density at radius 3 is 2.31 bits per heavy atom. The number of rotatable bonds is 7. The zero-order valence-electron chi connectivity index (χ0n) is 15.4. The minimum atomic E-state index is 0.701. The van der Waals surface area contributed by atoms with Crippen LogP contribution in [0.3, 0.4) is 0 Å². The molecular weight excluding hydrogens is 324 g/mol. The summed E-state index contributed by atoms with van der Waals surface area (Å²) in [5, 5.41) is 3.37. The zero-order valence-corrected chi connectivity index (χ0v) is 15.4. The van der Waals surface area contributed by atoms with Gasteiger partial charge >= 0.3 is 0 Å². The quantitative estimate of drug-likeness (QED) is 0.668. The number of anilines is 3. The summed E-state index contributed by atoms with van der Waals surface area (Å²) in [6.45, 7) is 6.02. The molecule has 0 unspecified atom stereocenters. The van der Waals surface area contributed by atoms with Crippen molar-refractivity contribution in [3.63, 3.8) is 0 Å². The first-order chi connectivity index (χ1) is 12.7. The van der Waals surface area contributed by atoms with E-state index in [1.165, 1.54) is 0 Å². The third-order valence-electron chi connectivity index (χ3n) is 4.20. The van der Waals surface area contributed by atoms with Crippen LogP contribution >= 0.6 is 0 Å². The van der Waals surface area contributed by atoms with Crippen LogP contribution in [0.25, 0.3) is 11.4 Å². The number of nitrogens with one attached hydrogen (secondary N) is 1. The van der Waals surface area contributed by atoms with Crippen LogP contribution in [-0.4, -0.2) is 30.2 Å². The van der Waals surface area contributed by atoms with Gasteiger partial charge in [0.1, 0.15) is 17.4 Å². The van der Waals surface area contributed by atoms with Gasteiger partial charge in [0.05, 0.1) is 12.8 Å². The summed E-state index contributed by atoms with van der Waals surface area (Å²) < 4.78 is 5.44. The zero-order chi connectivity index (χ0) is 18.4. The number of para-hydroxylation sites is 2. The van der Waals surface area contributed by atoms with Crippen LogP contribution in [0, 0.1) is 0 Å². The molecule has 2 aromatic carbocycles. The Kier molecular flexibility index (Phi) is 5.69. The minimum Gasteiger partial charge on any atom is -0.495 e. The third-order valence-corrected chi connectivity index (χ3v) is 4.20. The van der Waals surface area contributed by atoms with Gasteiger partial charge < -0.3 is 15.0 Å². The van der Waals surface area contributed by atoms with Gasteiger partial charge in [-0.3, -0.25) is 0 Å². The normalized spacial score (nSPS) is 10.4. The van der Waals surface area contributed by atoms with Gasteiger partial charge in [0, 0.05) is 24.7 Å². The van der Waals surface area contributed by atoms with Crippen LogP contribution in [0.1, 0.15) is 13.8 Å². The van der Waals surface area contributed by atoms with Crippen LogP contribution in [0.4, 0.5) is 17.3 Å². The van der Waals surface area contributed by atoms with E-state index in [1.807, 2.05) is 60.7 Å². The lowest BCUT2D eigenvalue weighted by atomic mass is 10.2. The number of hydrogen-bond donors (Lipinski definition) is 1. The smallest absolute Gasteiger partial charge is 0.163 e. The largest absolute Gasteiger partial charge is 0.495 e. The van der Waals surface area contributed by atoms with Crippen LogP contribution in [0.15, 0.2) is 60.7 Å². The van der Waals surface area contributed by atoms with E-state index in [-0.39, 0.29) is 0 Å². The molecule has 0 radical (unpaired) electrons. The Morgan fingerprint density at radius 1 is 0.923 bits per heavy atom. The maximum absolute atomic E-state index is 5.44. The fraction of sp³-hybridized carbons (Fsp3) is 0.238. The maximum atomic E-state index is 5.44. The molecule has 1 aromatic heterocycles. The van der Waals surface area contributed by atoms with E-state index < -0.39 is 0 Å². The summed E-state index contributed by atoms with van der Waals surface area (Å²) in [4.78, 5) is 11.7. The molecule has 1 N–H and O–H groups in total. The van der Waals surface area contributed by atoms with Crippen molar-refractivity contribution < 1.29 is 4.74 Å². The second-order valence-electron chi connectivity index (χ2n) is 5.80. The molecule has 0 atom stereocenters. The summed E-state index contributed by atoms with van der Waals surface area (Å²) in [6, 6.07) is 19.8. The van der Waals surface area contributed by atoms with Gasteiger partial charge in [0.25, 0.3) is 0 Å². The van der Waals surface area contributed by atoms with Gasteiger partial charge in [-0.05, 0) is 26.0 Å². The lowest BCUT2D eigenvalue weighted by molar-refractivity contribution is 0.417. The van der Waals surface area contributed by atoms with E-state index in [9.17, 15) is 0 Å². The van der Waals surface area contributed by atoms with Gasteiger partial charge in [-0.1, -0.05) is 42.5 Å². The minimum absolute atomic E-state index is 0.701. The molecule has 0 amide bonds. The van der Waals surface area contributed by atoms with E-state index in [2.05, 4.69) is 24.1 Å². The average molecular weight is 348 g/mol. The lowest BCUT2D eigenvalue weighted by Crippen LogP contribution is -2.23. The molecule has 0 aliphatic heterocycles. The first-order valence-corrected chi connectivity index (χ1v) is 8.84. The second kappa shape index (κ2) is 8.34. The Bertz CT molecular complexity index is 848. The van der Waals surface area contributed by atoms with Crippen LogP contribution in [-0.2, 0) is 0 Å². The molecule has 3 rings (SSSR count). The van der Waals surface area contributed by atoms with Crippen molar-refractivity contribution in [2.75, 3.05) is 30.4 Å². The number of aromatic nitrogens is 2. The van der Waals surface area contributed by atoms with E-state index in [1.54, 1.807) is 7.11 Å². The molecule has 26 heavy (non-hydrogen) atoms. The summed E-state index contributed by atoms with van der Waals surface area (Å²) in [7, 11) is 1.66. The van der Waals surface area contributed by atoms with Crippen molar-refractivity contribution >= 4 is 17.3 Å². The highest BCUT2D eigenvalue weighted by atomic mass is 16.5. The third kappa shape index (κ3) is 3.94. The number of nitrogens with zero attached hydrogens (tertiary/aromatic N) is 3. The second-order valence-corrected chi connectivity index (χ2v) is 5.80. The Balaban J connectivity index is 2.05. The van der Waals surface area contributed by atoms with E-state index in [4.69, 9.17) is 14.7 Å². The Hall–Kier alpha value is -3.08. The topological polar surface area (TPSA) is 50.3 Å². The molecule has 0 aliphatic carbocycles. The highest BCUT2D eigenvalue weighted by Crippen LogP contribution is 2.29. The molecule has 0 aliphatic rings. The van der Waals surface area contributed by atoms with E-state index in [0.717, 1.165) is 41.7 Å². The Labute approximate surface area is 154 Å². The molecule has 1 heterocycles. The van der Waals surface area contributed by atoms with Crippen molar-refractivity contribution in [3.8, 4) is 17.1 Å². The number of benzene rings is 2. The van der Waals surface area contributed by atoms with Gasteiger partial charge in [-0.2, -0.15) is 0 Å². The predicted octanol–water partition coefficient (Wildman–Crippen LogP) is 4.74. The maximum Gasteiger partial charge on any atom is 0.163 e. The summed E-state index contributed by atoms with van der Waals surface area (Å²) in [6.07, 6.45) is 0. The molecule has 0 fully saturated rings. The van der Waals surface area contributed by atoms with E-state index in [0.29, 0.717) is 5.82 Å². The molecule has 0 bridgehead atoms. The van der Waals surface area contributed by atoms with Crippen molar-refractivity contribution in [1.82, 2.24) is 9.97 Å². The van der Waals surface area contributed by atoms with Crippen molar-refractivity contribution in [1.29, 1.82) is 0 Å². The van der Waals surface area contributed by atoms with Gasteiger partial charge in [0.2, 0.25) is 0 Å².